The van der Waals surface area contributed by atoms with Crippen LogP contribution in [0.1, 0.15) is 29.9 Å². The van der Waals surface area contributed by atoms with E-state index in [9.17, 15) is 5.11 Å². The predicted molar refractivity (Wildman–Crippen MR) is 136 cm³/mol. The number of aromatic nitrogens is 1. The zero-order valence-electron chi connectivity index (χ0n) is 20.3. The maximum absolute atomic E-state index is 10.4. The average molecular weight is 477 g/mol. The van der Waals surface area contributed by atoms with E-state index in [0.717, 1.165) is 63.6 Å². The van der Waals surface area contributed by atoms with Gasteiger partial charge in [0.05, 0.1) is 30.6 Å². The Morgan fingerprint density at radius 2 is 1.69 bits per heavy atom. The largest absolute Gasteiger partial charge is 0.390 e. The van der Waals surface area contributed by atoms with Gasteiger partial charge in [0.15, 0.2) is 5.76 Å². The number of piperazine rings is 1. The van der Waals surface area contributed by atoms with E-state index in [1.807, 2.05) is 18.2 Å². The zero-order chi connectivity index (χ0) is 23.9. The first-order chi connectivity index (χ1) is 17.2. The van der Waals surface area contributed by atoms with Crippen LogP contribution in [-0.4, -0.2) is 66.2 Å². The van der Waals surface area contributed by atoms with Gasteiger partial charge in [-0.2, -0.15) is 0 Å². The molecule has 0 bridgehead atoms. The van der Waals surface area contributed by atoms with Crippen LogP contribution in [0.15, 0.2) is 71.3 Å². The van der Waals surface area contributed by atoms with Crippen molar-refractivity contribution in [2.45, 2.75) is 50.7 Å². The number of aliphatic hydroxyl groups excluding tert-OH is 1. The molecular formula is C28H36N4O3. The molecule has 2 fully saturated rings. The molecule has 2 saturated heterocycles. The van der Waals surface area contributed by atoms with Crippen LogP contribution in [0.4, 0.5) is 5.69 Å². The molecule has 2 aromatic carbocycles. The Bertz CT molecular complexity index is 1020. The molecule has 2 aliphatic rings. The molecular weight excluding hydrogens is 440 g/mol. The lowest BCUT2D eigenvalue weighted by Gasteiger charge is -2.35. The van der Waals surface area contributed by atoms with Gasteiger partial charge in [-0.15, -0.1) is 0 Å². The Balaban J connectivity index is 1.06. The minimum absolute atomic E-state index is 0.0503. The van der Waals surface area contributed by atoms with Crippen LogP contribution in [0.3, 0.4) is 0 Å². The van der Waals surface area contributed by atoms with Crippen molar-refractivity contribution in [1.29, 1.82) is 0 Å². The highest BCUT2D eigenvalue weighted by atomic mass is 16.5. The van der Waals surface area contributed by atoms with E-state index in [1.54, 1.807) is 0 Å². The summed E-state index contributed by atoms with van der Waals surface area (Å²) in [4.78, 5) is 4.86. The molecule has 3 aromatic rings. The number of anilines is 1. The first-order valence-electron chi connectivity index (χ1n) is 12.8. The lowest BCUT2D eigenvalue weighted by atomic mass is 9.98. The molecule has 3 heterocycles. The minimum Gasteiger partial charge on any atom is -0.390 e. The van der Waals surface area contributed by atoms with Gasteiger partial charge in [0.2, 0.25) is 0 Å². The van der Waals surface area contributed by atoms with Crippen molar-refractivity contribution in [3.8, 4) is 0 Å². The molecule has 35 heavy (non-hydrogen) atoms. The van der Waals surface area contributed by atoms with Crippen molar-refractivity contribution < 1.29 is 14.4 Å². The number of rotatable bonds is 9. The Morgan fingerprint density at radius 1 is 0.943 bits per heavy atom. The molecule has 0 radical (unpaired) electrons. The van der Waals surface area contributed by atoms with Crippen LogP contribution in [0, 0.1) is 0 Å². The Hall–Kier alpha value is -2.71. The number of benzene rings is 2. The standard InChI is InChI=1S/C28H36N4O3/c33-27-12-11-25(34-28(27)20-29-19-22-7-3-1-4-8-22)17-23-18-26(35-30-23)21-31-13-15-32(16-14-31)24-9-5-2-6-10-24/h1-10,18,25,27-29,33H,11-17,19-21H2/t25-,27-,28+/m0/s1. The molecule has 1 aromatic heterocycles. The summed E-state index contributed by atoms with van der Waals surface area (Å²) in [5.41, 5.74) is 3.45. The molecule has 186 valence electrons. The van der Waals surface area contributed by atoms with E-state index in [4.69, 9.17) is 9.26 Å². The number of para-hydroxylation sites is 1. The maximum Gasteiger partial charge on any atom is 0.150 e. The molecule has 7 heteroatoms. The summed E-state index contributed by atoms with van der Waals surface area (Å²) in [6.07, 6.45) is 1.71. The topological polar surface area (TPSA) is 74.0 Å². The van der Waals surface area contributed by atoms with Crippen molar-refractivity contribution in [1.82, 2.24) is 15.4 Å². The van der Waals surface area contributed by atoms with Crippen molar-refractivity contribution in [2.24, 2.45) is 0 Å². The zero-order valence-corrected chi connectivity index (χ0v) is 20.3. The highest BCUT2D eigenvalue weighted by Gasteiger charge is 2.30. The van der Waals surface area contributed by atoms with Gasteiger partial charge >= 0.3 is 0 Å². The quantitative estimate of drug-likeness (QED) is 0.491. The second kappa shape index (κ2) is 11.8. The van der Waals surface area contributed by atoms with Crippen LogP contribution in [0.5, 0.6) is 0 Å². The number of aliphatic hydroxyl groups is 1. The summed E-state index contributed by atoms with van der Waals surface area (Å²) in [6, 6.07) is 23.0. The van der Waals surface area contributed by atoms with Gasteiger partial charge in [-0.25, -0.2) is 0 Å². The minimum atomic E-state index is -0.433. The maximum atomic E-state index is 10.4. The van der Waals surface area contributed by atoms with Crippen LogP contribution in [-0.2, 0) is 24.2 Å². The highest BCUT2D eigenvalue weighted by molar-refractivity contribution is 5.46. The van der Waals surface area contributed by atoms with Gasteiger partial charge in [-0.3, -0.25) is 4.90 Å². The van der Waals surface area contributed by atoms with Crippen molar-refractivity contribution in [2.75, 3.05) is 37.6 Å². The Morgan fingerprint density at radius 3 is 2.46 bits per heavy atom. The monoisotopic (exact) mass is 476 g/mol. The van der Waals surface area contributed by atoms with E-state index in [0.29, 0.717) is 13.0 Å². The average Bonchev–Trinajstić information content (AvgIpc) is 3.34. The number of hydrogen-bond donors (Lipinski definition) is 2. The van der Waals surface area contributed by atoms with E-state index in [2.05, 4.69) is 68.8 Å². The summed E-state index contributed by atoms with van der Waals surface area (Å²) in [7, 11) is 0. The first-order valence-corrected chi connectivity index (χ1v) is 12.8. The Labute approximate surface area is 207 Å². The van der Waals surface area contributed by atoms with Gasteiger partial charge in [0.25, 0.3) is 0 Å². The molecule has 0 unspecified atom stereocenters. The normalized spacial score (nSPS) is 23.5. The molecule has 3 atom stereocenters. The summed E-state index contributed by atoms with van der Waals surface area (Å²) < 4.78 is 11.9. The number of hydrogen-bond acceptors (Lipinski definition) is 7. The second-order valence-corrected chi connectivity index (χ2v) is 9.65. The van der Waals surface area contributed by atoms with Crippen molar-refractivity contribution in [3.05, 3.63) is 83.7 Å². The second-order valence-electron chi connectivity index (χ2n) is 9.65. The number of ether oxygens (including phenoxy) is 1. The summed E-state index contributed by atoms with van der Waals surface area (Å²) >= 11 is 0. The van der Waals surface area contributed by atoms with E-state index in [-0.39, 0.29) is 12.2 Å². The molecule has 7 nitrogen and oxygen atoms in total. The number of nitrogens with one attached hydrogen (secondary N) is 1. The van der Waals surface area contributed by atoms with E-state index >= 15 is 0 Å². The van der Waals surface area contributed by atoms with Crippen LogP contribution < -0.4 is 10.2 Å². The molecule has 2 N–H and O–H groups in total. The summed E-state index contributed by atoms with van der Waals surface area (Å²) in [5, 5.41) is 18.2. The fourth-order valence-corrected chi connectivity index (χ4v) is 5.02. The van der Waals surface area contributed by atoms with Crippen LogP contribution >= 0.6 is 0 Å². The fourth-order valence-electron chi connectivity index (χ4n) is 5.02. The fraction of sp³-hybridized carbons (Fsp3) is 0.464. The lowest BCUT2D eigenvalue weighted by molar-refractivity contribution is -0.115. The van der Waals surface area contributed by atoms with Gasteiger partial charge in [-0.1, -0.05) is 53.7 Å². The molecule has 0 saturated carbocycles. The third-order valence-electron chi connectivity index (χ3n) is 7.02. The van der Waals surface area contributed by atoms with E-state index < -0.39 is 6.10 Å². The van der Waals surface area contributed by atoms with Crippen molar-refractivity contribution in [3.63, 3.8) is 0 Å². The van der Waals surface area contributed by atoms with Gasteiger partial charge in [0.1, 0.15) is 0 Å². The Kier molecular flexibility index (Phi) is 8.10. The van der Waals surface area contributed by atoms with Gasteiger partial charge < -0.3 is 24.6 Å². The summed E-state index contributed by atoms with van der Waals surface area (Å²) in [5.74, 6) is 0.907. The highest BCUT2D eigenvalue weighted by Crippen LogP contribution is 2.23. The molecule has 5 rings (SSSR count). The molecule has 0 amide bonds. The molecule has 0 spiro atoms. The first kappa shape index (κ1) is 24.0. The SMILES string of the molecule is O[C@H]1CC[C@@H](Cc2cc(CN3CCN(c4ccccc4)CC3)on2)O[C@@H]1CNCc1ccccc1. The van der Waals surface area contributed by atoms with Crippen LogP contribution in [0.2, 0.25) is 0 Å². The van der Waals surface area contributed by atoms with Gasteiger partial charge in [-0.05, 0) is 30.5 Å². The van der Waals surface area contributed by atoms with E-state index in [1.165, 1.54) is 11.3 Å². The predicted octanol–water partition coefficient (Wildman–Crippen LogP) is 3.24. The van der Waals surface area contributed by atoms with Crippen LogP contribution in [0.25, 0.3) is 0 Å². The van der Waals surface area contributed by atoms with Gasteiger partial charge in [0, 0.05) is 57.4 Å². The molecule has 0 aliphatic carbocycles. The molecule has 2 aliphatic heterocycles. The third kappa shape index (κ3) is 6.70. The van der Waals surface area contributed by atoms with Crippen molar-refractivity contribution >= 4 is 5.69 Å². The lowest BCUT2D eigenvalue weighted by Crippen LogP contribution is -2.45. The summed E-state index contributed by atoms with van der Waals surface area (Å²) in [6.45, 7) is 6.23. The number of nitrogens with zero attached hydrogens (tertiary/aromatic N) is 3. The smallest absolute Gasteiger partial charge is 0.150 e. The third-order valence-corrected chi connectivity index (χ3v) is 7.02.